The molecule has 3 aliphatic heterocycles. The van der Waals surface area contributed by atoms with Gasteiger partial charge in [0.05, 0.1) is 15.9 Å². The highest BCUT2D eigenvalue weighted by atomic mass is 32.2. The third-order valence-corrected chi connectivity index (χ3v) is 13.2. The van der Waals surface area contributed by atoms with Gasteiger partial charge in [0.15, 0.2) is 0 Å². The Morgan fingerprint density at radius 3 is 2.35 bits per heavy atom. The van der Waals surface area contributed by atoms with Crippen LogP contribution in [0.15, 0.2) is 65.6 Å². The maximum atomic E-state index is 14.7. The number of hydrogen-bond donors (Lipinski definition) is 1. The Morgan fingerprint density at radius 2 is 1.67 bits per heavy atom. The summed E-state index contributed by atoms with van der Waals surface area (Å²) in [5.74, 6) is 0.706. The fourth-order valence-corrected chi connectivity index (χ4v) is 10.1. The second kappa shape index (κ2) is 12.7. The Hall–Kier alpha value is -3.60. The lowest BCUT2D eigenvalue weighted by Crippen LogP contribution is -2.49. The summed E-state index contributed by atoms with van der Waals surface area (Å²) in [7, 11) is -2.33. The minimum atomic E-state index is -3.71. The van der Waals surface area contributed by atoms with E-state index in [0.717, 1.165) is 61.1 Å². The highest BCUT2D eigenvalue weighted by Gasteiger charge is 2.44. The van der Waals surface area contributed by atoms with Crippen molar-refractivity contribution < 1.29 is 17.6 Å². The SMILES string of the molecule is CNS(=O)(=O)c1ccc(C)c(C(=O)N2CCC(CCN3[C@@H]4CC[C@H]3CC(n3c(C)nc5ccccc53)C4)(c3cccc(F)c3)CC2)c1C. The van der Waals surface area contributed by atoms with E-state index in [1.54, 1.807) is 31.2 Å². The minimum Gasteiger partial charge on any atom is -0.339 e. The van der Waals surface area contributed by atoms with E-state index in [4.69, 9.17) is 4.98 Å². The molecule has 3 aromatic carbocycles. The van der Waals surface area contributed by atoms with Gasteiger partial charge in [-0.3, -0.25) is 9.69 Å². The first kappa shape index (κ1) is 32.9. The van der Waals surface area contributed by atoms with E-state index in [1.807, 2.05) is 11.8 Å². The molecule has 3 fully saturated rings. The molecule has 254 valence electrons. The molecule has 7 rings (SSSR count). The van der Waals surface area contributed by atoms with E-state index in [1.165, 1.54) is 31.5 Å². The number of aryl methyl sites for hydroxylation is 2. The van der Waals surface area contributed by atoms with Gasteiger partial charge in [0.25, 0.3) is 5.91 Å². The maximum Gasteiger partial charge on any atom is 0.254 e. The van der Waals surface area contributed by atoms with Gasteiger partial charge in [0.2, 0.25) is 10.0 Å². The second-order valence-electron chi connectivity index (χ2n) is 14.2. The molecule has 0 aliphatic carbocycles. The summed E-state index contributed by atoms with van der Waals surface area (Å²) in [6.07, 6.45) is 6.95. The van der Waals surface area contributed by atoms with Crippen molar-refractivity contribution in [2.75, 3.05) is 26.7 Å². The number of amides is 1. The molecule has 0 saturated carbocycles. The Balaban J connectivity index is 1.09. The van der Waals surface area contributed by atoms with Crippen LogP contribution in [0.5, 0.6) is 0 Å². The van der Waals surface area contributed by atoms with Crippen molar-refractivity contribution in [2.24, 2.45) is 0 Å². The number of benzene rings is 3. The molecule has 8 nitrogen and oxygen atoms in total. The van der Waals surface area contributed by atoms with Gasteiger partial charge < -0.3 is 9.47 Å². The predicted octanol–water partition coefficient (Wildman–Crippen LogP) is 6.44. The molecule has 3 atom stereocenters. The molecular weight excluding hydrogens is 626 g/mol. The molecule has 4 heterocycles. The number of halogens is 1. The van der Waals surface area contributed by atoms with Crippen LogP contribution in [0.3, 0.4) is 0 Å². The summed E-state index contributed by atoms with van der Waals surface area (Å²) in [4.78, 5) is 23.5. The van der Waals surface area contributed by atoms with Gasteiger partial charge in [-0.25, -0.2) is 22.5 Å². The number of imidazole rings is 1. The smallest absolute Gasteiger partial charge is 0.254 e. The number of hydrogen-bond acceptors (Lipinski definition) is 5. The van der Waals surface area contributed by atoms with E-state index >= 15 is 0 Å². The lowest BCUT2D eigenvalue weighted by atomic mass is 9.70. The van der Waals surface area contributed by atoms with E-state index < -0.39 is 10.0 Å². The zero-order valence-corrected chi connectivity index (χ0v) is 29.2. The summed E-state index contributed by atoms with van der Waals surface area (Å²) in [6.45, 7) is 7.68. The molecule has 10 heteroatoms. The van der Waals surface area contributed by atoms with E-state index in [0.29, 0.717) is 42.3 Å². The number of para-hydroxylation sites is 2. The molecule has 0 radical (unpaired) electrons. The van der Waals surface area contributed by atoms with Gasteiger partial charge >= 0.3 is 0 Å². The van der Waals surface area contributed by atoms with Crippen LogP contribution in [0.25, 0.3) is 11.0 Å². The molecule has 3 aliphatic rings. The van der Waals surface area contributed by atoms with Crippen molar-refractivity contribution in [2.45, 2.75) is 94.2 Å². The van der Waals surface area contributed by atoms with Crippen molar-refractivity contribution in [3.8, 4) is 0 Å². The average molecular weight is 672 g/mol. The number of carbonyl (C=O) groups excluding carboxylic acids is 1. The zero-order chi connectivity index (χ0) is 33.8. The summed E-state index contributed by atoms with van der Waals surface area (Å²) in [6, 6.07) is 20.2. The largest absolute Gasteiger partial charge is 0.339 e. The zero-order valence-electron chi connectivity index (χ0n) is 28.4. The van der Waals surface area contributed by atoms with Crippen LogP contribution < -0.4 is 4.72 Å². The van der Waals surface area contributed by atoms with Crippen LogP contribution >= 0.6 is 0 Å². The molecule has 0 spiro atoms. The molecular formula is C38H46FN5O3S. The molecule has 1 amide bonds. The minimum absolute atomic E-state index is 0.125. The lowest BCUT2D eigenvalue weighted by Gasteiger charge is -2.46. The molecule has 4 aromatic rings. The number of nitrogens with zero attached hydrogens (tertiary/aromatic N) is 4. The Labute approximate surface area is 283 Å². The molecule has 1 N–H and O–H groups in total. The van der Waals surface area contributed by atoms with Gasteiger partial charge in [-0.05, 0) is 132 Å². The monoisotopic (exact) mass is 671 g/mol. The highest BCUT2D eigenvalue weighted by Crippen LogP contribution is 2.45. The Kier molecular flexibility index (Phi) is 8.71. The normalized spacial score (nSPS) is 22.8. The first-order valence-electron chi connectivity index (χ1n) is 17.3. The maximum absolute atomic E-state index is 14.7. The van der Waals surface area contributed by atoms with Crippen molar-refractivity contribution in [1.29, 1.82) is 0 Å². The van der Waals surface area contributed by atoms with E-state index in [-0.39, 0.29) is 22.0 Å². The number of rotatable bonds is 8. The van der Waals surface area contributed by atoms with Crippen LogP contribution in [0.2, 0.25) is 0 Å². The number of likely N-dealkylation sites (tertiary alicyclic amines) is 1. The first-order chi connectivity index (χ1) is 23.0. The molecule has 48 heavy (non-hydrogen) atoms. The van der Waals surface area contributed by atoms with Gasteiger partial charge in [0, 0.05) is 36.8 Å². The summed E-state index contributed by atoms with van der Waals surface area (Å²) in [5.41, 5.74) is 4.71. The fourth-order valence-electron chi connectivity index (χ4n) is 9.15. The van der Waals surface area contributed by atoms with Gasteiger partial charge in [-0.2, -0.15) is 0 Å². The van der Waals surface area contributed by atoms with Crippen molar-refractivity contribution in [3.05, 3.63) is 94.6 Å². The summed E-state index contributed by atoms with van der Waals surface area (Å²) >= 11 is 0. The van der Waals surface area contributed by atoms with Crippen LogP contribution in [-0.2, 0) is 15.4 Å². The third-order valence-electron chi connectivity index (χ3n) is 11.7. The summed E-state index contributed by atoms with van der Waals surface area (Å²) in [5, 5.41) is 0. The standard InChI is InChI=1S/C38H46FN5O3S/c1-25-12-15-35(48(46,47)40-4)26(2)36(25)37(45)42-19-16-38(17-20-42,28-8-7-9-29(39)22-28)18-21-43-30-13-14-31(43)24-32(23-30)44-27(3)41-33-10-5-6-11-34(33)44/h5-12,15,22,30-32,40H,13-14,16-21,23-24H2,1-4H3/t30-,31+,32?. The van der Waals surface area contributed by atoms with Crippen LogP contribution in [0.4, 0.5) is 4.39 Å². The Bertz CT molecular complexity index is 1950. The number of piperidine rings is 2. The van der Waals surface area contributed by atoms with Gasteiger partial charge in [0.1, 0.15) is 11.6 Å². The van der Waals surface area contributed by atoms with Crippen molar-refractivity contribution in [1.82, 2.24) is 24.1 Å². The van der Waals surface area contributed by atoms with Crippen molar-refractivity contribution in [3.63, 3.8) is 0 Å². The lowest BCUT2D eigenvalue weighted by molar-refractivity contribution is 0.0605. The topological polar surface area (TPSA) is 87.5 Å². The molecule has 1 aromatic heterocycles. The van der Waals surface area contributed by atoms with Gasteiger partial charge in [-0.1, -0.05) is 30.3 Å². The fraction of sp³-hybridized carbons (Fsp3) is 0.474. The number of sulfonamides is 1. The molecule has 3 saturated heterocycles. The number of nitrogens with one attached hydrogen (secondary N) is 1. The second-order valence-corrected chi connectivity index (χ2v) is 16.0. The van der Waals surface area contributed by atoms with Crippen LogP contribution in [-0.4, -0.2) is 72.4 Å². The van der Waals surface area contributed by atoms with E-state index in [2.05, 4.69) is 51.4 Å². The van der Waals surface area contributed by atoms with Crippen LogP contribution in [0, 0.1) is 26.6 Å². The van der Waals surface area contributed by atoms with Crippen LogP contribution in [0.1, 0.15) is 83.9 Å². The van der Waals surface area contributed by atoms with E-state index in [9.17, 15) is 17.6 Å². The number of fused-ring (bicyclic) bond motifs is 3. The third kappa shape index (κ3) is 5.75. The van der Waals surface area contributed by atoms with Gasteiger partial charge in [-0.15, -0.1) is 0 Å². The Morgan fingerprint density at radius 1 is 0.958 bits per heavy atom. The quantitative estimate of drug-likeness (QED) is 0.233. The molecule has 2 bridgehead atoms. The number of carbonyl (C=O) groups is 1. The average Bonchev–Trinajstić information content (AvgIpc) is 3.53. The molecule has 1 unspecified atom stereocenters. The first-order valence-corrected chi connectivity index (χ1v) is 18.8. The van der Waals surface area contributed by atoms with Crippen molar-refractivity contribution >= 4 is 27.0 Å². The summed E-state index contributed by atoms with van der Waals surface area (Å²) < 4.78 is 44.9. The number of aromatic nitrogens is 2. The predicted molar refractivity (Wildman–Crippen MR) is 186 cm³/mol. The highest BCUT2D eigenvalue weighted by molar-refractivity contribution is 7.89.